The van der Waals surface area contributed by atoms with Gasteiger partial charge in [0.15, 0.2) is 0 Å². The van der Waals surface area contributed by atoms with Gasteiger partial charge in [0.1, 0.15) is 0 Å². The van der Waals surface area contributed by atoms with Gasteiger partial charge < -0.3 is 4.90 Å². The molecule has 15 heavy (non-hydrogen) atoms. The molecule has 2 heterocycles. The number of rotatable bonds is 1. The number of halogens is 3. The molecule has 0 spiro atoms. The summed E-state index contributed by atoms with van der Waals surface area (Å²) in [5.74, 6) is 0. The van der Waals surface area contributed by atoms with Gasteiger partial charge >= 0.3 is 6.18 Å². The Labute approximate surface area is 88.9 Å². The van der Waals surface area contributed by atoms with E-state index in [9.17, 15) is 13.2 Å². The van der Waals surface area contributed by atoms with E-state index in [2.05, 4.69) is 10.2 Å². The minimum Gasteiger partial charge on any atom is -0.344 e. The number of hydrogen-bond acceptors (Lipinski definition) is 4. The summed E-state index contributed by atoms with van der Waals surface area (Å²) in [6.07, 6.45) is -2.37. The van der Waals surface area contributed by atoms with Crippen LogP contribution >= 0.6 is 11.3 Å². The lowest BCUT2D eigenvalue weighted by Gasteiger charge is -2.18. The average Bonchev–Trinajstić information content (AvgIpc) is 2.69. The largest absolute Gasteiger partial charge is 0.445 e. The van der Waals surface area contributed by atoms with E-state index in [0.717, 1.165) is 19.4 Å². The lowest BCUT2D eigenvalue weighted by molar-refractivity contribution is -0.138. The van der Waals surface area contributed by atoms with Crippen LogP contribution in [0.5, 0.6) is 0 Å². The molecule has 1 unspecified atom stereocenters. The van der Waals surface area contributed by atoms with Crippen LogP contribution in [0.1, 0.15) is 24.8 Å². The summed E-state index contributed by atoms with van der Waals surface area (Å²) in [5, 5.41) is 6.28. The summed E-state index contributed by atoms with van der Waals surface area (Å²) in [5.41, 5.74) is 0. The average molecular weight is 237 g/mol. The topological polar surface area (TPSA) is 29.0 Å². The Balaban J connectivity index is 2.20. The Kier molecular flexibility index (Phi) is 2.57. The van der Waals surface area contributed by atoms with Gasteiger partial charge in [-0.2, -0.15) is 13.2 Å². The van der Waals surface area contributed by atoms with Crippen molar-refractivity contribution in [3.05, 3.63) is 5.01 Å². The van der Waals surface area contributed by atoms with Crippen molar-refractivity contribution >= 4 is 16.5 Å². The van der Waals surface area contributed by atoms with Crippen molar-refractivity contribution in [2.24, 2.45) is 0 Å². The molecule has 1 aromatic rings. The highest BCUT2D eigenvalue weighted by molar-refractivity contribution is 7.15. The third-order valence-corrected chi connectivity index (χ3v) is 3.46. The van der Waals surface area contributed by atoms with Crippen LogP contribution in [0, 0.1) is 0 Å². The predicted molar refractivity (Wildman–Crippen MR) is 51.0 cm³/mol. The van der Waals surface area contributed by atoms with E-state index in [0.29, 0.717) is 16.5 Å². The molecule has 84 valence electrons. The quantitative estimate of drug-likeness (QED) is 0.751. The van der Waals surface area contributed by atoms with Gasteiger partial charge in [0.2, 0.25) is 10.1 Å². The van der Waals surface area contributed by atoms with Crippen LogP contribution < -0.4 is 4.90 Å². The first kappa shape index (κ1) is 10.7. The number of nitrogens with zero attached hydrogens (tertiary/aromatic N) is 3. The summed E-state index contributed by atoms with van der Waals surface area (Å²) in [6, 6.07) is 0.263. The molecule has 7 heteroatoms. The molecule has 0 aliphatic carbocycles. The fraction of sp³-hybridized carbons (Fsp3) is 0.750. The molecule has 0 bridgehead atoms. The minimum atomic E-state index is -4.38. The summed E-state index contributed by atoms with van der Waals surface area (Å²) in [6.45, 7) is 2.76. The van der Waals surface area contributed by atoms with Crippen LogP contribution in [-0.2, 0) is 6.18 Å². The molecule has 0 saturated carbocycles. The predicted octanol–water partition coefficient (Wildman–Crippen LogP) is 2.55. The third kappa shape index (κ3) is 2.06. The fourth-order valence-electron chi connectivity index (χ4n) is 1.66. The first-order chi connectivity index (χ1) is 6.98. The molecular formula is C8H10F3N3S. The highest BCUT2D eigenvalue weighted by Gasteiger charge is 2.37. The first-order valence-electron chi connectivity index (χ1n) is 4.66. The molecule has 1 atom stereocenters. The second-order valence-electron chi connectivity index (χ2n) is 3.57. The summed E-state index contributed by atoms with van der Waals surface area (Å²) < 4.78 is 36.8. The summed E-state index contributed by atoms with van der Waals surface area (Å²) in [4.78, 5) is 1.88. The maximum absolute atomic E-state index is 12.3. The summed E-state index contributed by atoms with van der Waals surface area (Å²) >= 11 is 0.620. The van der Waals surface area contributed by atoms with Crippen LogP contribution in [-0.4, -0.2) is 22.8 Å². The van der Waals surface area contributed by atoms with Gasteiger partial charge in [0.25, 0.3) is 0 Å². The molecule has 1 aromatic heterocycles. The molecule has 2 rings (SSSR count). The van der Waals surface area contributed by atoms with Gasteiger partial charge in [-0.05, 0) is 19.8 Å². The molecular weight excluding hydrogens is 227 g/mol. The molecule has 1 aliphatic heterocycles. The second-order valence-corrected chi connectivity index (χ2v) is 4.53. The van der Waals surface area contributed by atoms with Gasteiger partial charge in [0.05, 0.1) is 0 Å². The van der Waals surface area contributed by atoms with Gasteiger partial charge in [0, 0.05) is 12.6 Å². The van der Waals surface area contributed by atoms with E-state index in [4.69, 9.17) is 0 Å². The smallest absolute Gasteiger partial charge is 0.344 e. The van der Waals surface area contributed by atoms with E-state index in [1.807, 2.05) is 11.8 Å². The monoisotopic (exact) mass is 237 g/mol. The van der Waals surface area contributed by atoms with Gasteiger partial charge in [-0.25, -0.2) is 0 Å². The van der Waals surface area contributed by atoms with E-state index in [1.165, 1.54) is 0 Å². The van der Waals surface area contributed by atoms with Crippen LogP contribution in [0.3, 0.4) is 0 Å². The van der Waals surface area contributed by atoms with Crippen molar-refractivity contribution in [3.8, 4) is 0 Å². The zero-order valence-electron chi connectivity index (χ0n) is 8.08. The van der Waals surface area contributed by atoms with Crippen LogP contribution in [0.4, 0.5) is 18.3 Å². The van der Waals surface area contributed by atoms with E-state index in [1.54, 1.807) is 0 Å². The van der Waals surface area contributed by atoms with E-state index < -0.39 is 11.2 Å². The summed E-state index contributed by atoms with van der Waals surface area (Å²) in [7, 11) is 0. The SMILES string of the molecule is CC1CCCN1c1nnc(C(F)(F)F)s1. The fourth-order valence-corrected chi connectivity index (χ4v) is 2.50. The Morgan fingerprint density at radius 1 is 1.40 bits per heavy atom. The van der Waals surface area contributed by atoms with Gasteiger partial charge in [-0.1, -0.05) is 11.3 Å². The number of anilines is 1. The number of aromatic nitrogens is 2. The molecule has 1 saturated heterocycles. The highest BCUT2D eigenvalue weighted by Crippen LogP contribution is 2.36. The second kappa shape index (κ2) is 3.62. The number of alkyl halides is 3. The Bertz CT molecular complexity index is 349. The molecule has 1 fully saturated rings. The minimum absolute atomic E-state index is 0.263. The van der Waals surface area contributed by atoms with Crippen molar-refractivity contribution in [2.75, 3.05) is 11.4 Å². The number of hydrogen-bond donors (Lipinski definition) is 0. The van der Waals surface area contributed by atoms with Crippen molar-refractivity contribution in [3.63, 3.8) is 0 Å². The maximum Gasteiger partial charge on any atom is 0.445 e. The molecule has 1 aliphatic rings. The third-order valence-electron chi connectivity index (χ3n) is 2.46. The van der Waals surface area contributed by atoms with Crippen molar-refractivity contribution in [2.45, 2.75) is 32.0 Å². The highest BCUT2D eigenvalue weighted by atomic mass is 32.1. The van der Waals surface area contributed by atoms with Crippen LogP contribution in [0.2, 0.25) is 0 Å². The lowest BCUT2D eigenvalue weighted by Crippen LogP contribution is -2.25. The standard InChI is InChI=1S/C8H10F3N3S/c1-5-3-2-4-14(5)7-13-12-6(15-7)8(9,10)11/h5H,2-4H2,1H3. The van der Waals surface area contributed by atoms with Crippen molar-refractivity contribution in [1.29, 1.82) is 0 Å². The van der Waals surface area contributed by atoms with E-state index in [-0.39, 0.29) is 6.04 Å². The normalized spacial score (nSPS) is 22.4. The van der Waals surface area contributed by atoms with Gasteiger partial charge in [-0.15, -0.1) is 10.2 Å². The van der Waals surface area contributed by atoms with Crippen LogP contribution in [0.25, 0.3) is 0 Å². The van der Waals surface area contributed by atoms with Crippen molar-refractivity contribution < 1.29 is 13.2 Å². The zero-order chi connectivity index (χ0) is 11.1. The lowest BCUT2D eigenvalue weighted by atomic mass is 10.2. The Morgan fingerprint density at radius 2 is 2.13 bits per heavy atom. The van der Waals surface area contributed by atoms with Crippen molar-refractivity contribution in [1.82, 2.24) is 10.2 Å². The first-order valence-corrected chi connectivity index (χ1v) is 5.47. The Hall–Kier alpha value is -0.850. The molecule has 0 N–H and O–H groups in total. The zero-order valence-corrected chi connectivity index (χ0v) is 8.90. The Morgan fingerprint density at radius 3 is 2.60 bits per heavy atom. The van der Waals surface area contributed by atoms with Gasteiger partial charge in [-0.3, -0.25) is 0 Å². The molecule has 0 radical (unpaired) electrons. The van der Waals surface area contributed by atoms with E-state index >= 15 is 0 Å². The van der Waals surface area contributed by atoms with Crippen LogP contribution in [0.15, 0.2) is 0 Å². The maximum atomic E-state index is 12.3. The molecule has 0 aromatic carbocycles. The molecule has 0 amide bonds. The molecule has 3 nitrogen and oxygen atoms in total.